The molecule has 5 nitrogen and oxygen atoms in total. The Hall–Kier alpha value is -1.62. The van der Waals surface area contributed by atoms with Crippen LogP contribution < -0.4 is 5.32 Å². The number of aromatic amines is 1. The van der Waals surface area contributed by atoms with E-state index >= 15 is 0 Å². The van der Waals surface area contributed by atoms with Crippen LogP contribution >= 0.6 is 0 Å². The molecule has 1 atom stereocenters. The van der Waals surface area contributed by atoms with E-state index in [1.54, 1.807) is 6.26 Å². The Morgan fingerprint density at radius 1 is 1.56 bits per heavy atom. The molecule has 0 bridgehead atoms. The van der Waals surface area contributed by atoms with Gasteiger partial charge in [0.15, 0.2) is 0 Å². The molecule has 0 amide bonds. The summed E-state index contributed by atoms with van der Waals surface area (Å²) in [4.78, 5) is 4.18. The third-order valence-corrected chi connectivity index (χ3v) is 2.39. The summed E-state index contributed by atoms with van der Waals surface area (Å²) >= 11 is 0. The molecular weight excluding hydrogens is 204 g/mol. The standard InChI is InChI=1S/C11H16N4O/c1-2-5-12-10(11-13-8-14-15-11)7-9-4-3-6-16-9/h3-4,6,8,10,12H,2,5,7H2,1H3,(H,13,14,15). The largest absolute Gasteiger partial charge is 0.469 e. The molecule has 0 aliphatic rings. The minimum atomic E-state index is 0.133. The summed E-state index contributed by atoms with van der Waals surface area (Å²) in [5.41, 5.74) is 0. The minimum Gasteiger partial charge on any atom is -0.469 e. The first-order valence-electron chi connectivity index (χ1n) is 5.51. The third kappa shape index (κ3) is 2.70. The molecule has 0 fully saturated rings. The van der Waals surface area contributed by atoms with Crippen LogP contribution in [-0.2, 0) is 6.42 Å². The minimum absolute atomic E-state index is 0.133. The van der Waals surface area contributed by atoms with Crippen molar-refractivity contribution in [2.45, 2.75) is 25.8 Å². The highest BCUT2D eigenvalue weighted by Gasteiger charge is 2.15. The van der Waals surface area contributed by atoms with Gasteiger partial charge in [0.1, 0.15) is 17.9 Å². The van der Waals surface area contributed by atoms with E-state index in [-0.39, 0.29) is 6.04 Å². The number of nitrogens with one attached hydrogen (secondary N) is 2. The molecule has 0 radical (unpaired) electrons. The van der Waals surface area contributed by atoms with Crippen LogP contribution in [0.3, 0.4) is 0 Å². The van der Waals surface area contributed by atoms with Crippen molar-refractivity contribution in [1.82, 2.24) is 20.5 Å². The van der Waals surface area contributed by atoms with Crippen molar-refractivity contribution in [2.24, 2.45) is 0 Å². The molecule has 0 aliphatic heterocycles. The zero-order chi connectivity index (χ0) is 11.2. The molecule has 0 saturated carbocycles. The normalized spacial score (nSPS) is 12.8. The smallest absolute Gasteiger partial charge is 0.141 e. The van der Waals surface area contributed by atoms with Gasteiger partial charge in [-0.2, -0.15) is 5.10 Å². The zero-order valence-corrected chi connectivity index (χ0v) is 9.31. The van der Waals surface area contributed by atoms with E-state index in [9.17, 15) is 0 Å². The molecule has 1 unspecified atom stereocenters. The van der Waals surface area contributed by atoms with Crippen molar-refractivity contribution in [2.75, 3.05) is 6.54 Å². The van der Waals surface area contributed by atoms with E-state index in [2.05, 4.69) is 27.4 Å². The number of furan rings is 1. The summed E-state index contributed by atoms with van der Waals surface area (Å²) in [5.74, 6) is 1.80. The van der Waals surface area contributed by atoms with Crippen LogP contribution in [-0.4, -0.2) is 21.7 Å². The Bertz CT molecular complexity index is 382. The number of rotatable bonds is 6. The first-order valence-corrected chi connectivity index (χ1v) is 5.51. The van der Waals surface area contributed by atoms with Gasteiger partial charge in [-0.05, 0) is 25.1 Å². The van der Waals surface area contributed by atoms with Crippen LogP contribution in [0.5, 0.6) is 0 Å². The van der Waals surface area contributed by atoms with Gasteiger partial charge in [0, 0.05) is 6.42 Å². The fourth-order valence-corrected chi connectivity index (χ4v) is 1.60. The second kappa shape index (κ2) is 5.46. The second-order valence-corrected chi connectivity index (χ2v) is 3.66. The van der Waals surface area contributed by atoms with E-state index in [4.69, 9.17) is 4.42 Å². The lowest BCUT2D eigenvalue weighted by atomic mass is 10.1. The van der Waals surface area contributed by atoms with Crippen LogP contribution in [0.2, 0.25) is 0 Å². The maximum Gasteiger partial charge on any atom is 0.141 e. The number of H-pyrrole nitrogens is 1. The quantitative estimate of drug-likeness (QED) is 0.777. The summed E-state index contributed by atoms with van der Waals surface area (Å²) in [7, 11) is 0. The second-order valence-electron chi connectivity index (χ2n) is 3.66. The van der Waals surface area contributed by atoms with Crippen LogP contribution in [0.25, 0.3) is 0 Å². The fraction of sp³-hybridized carbons (Fsp3) is 0.455. The molecule has 5 heteroatoms. The van der Waals surface area contributed by atoms with Gasteiger partial charge in [0.05, 0.1) is 12.3 Å². The molecule has 0 aliphatic carbocycles. The zero-order valence-electron chi connectivity index (χ0n) is 9.31. The average molecular weight is 220 g/mol. The number of nitrogens with zero attached hydrogens (tertiary/aromatic N) is 2. The van der Waals surface area contributed by atoms with Crippen LogP contribution in [0.4, 0.5) is 0 Å². The van der Waals surface area contributed by atoms with Gasteiger partial charge >= 0.3 is 0 Å². The first kappa shape index (κ1) is 10.9. The lowest BCUT2D eigenvalue weighted by Gasteiger charge is -2.14. The Morgan fingerprint density at radius 2 is 2.50 bits per heavy atom. The predicted octanol–water partition coefficient (Wildman–Crippen LogP) is 1.68. The van der Waals surface area contributed by atoms with Crippen molar-refractivity contribution in [3.05, 3.63) is 36.3 Å². The van der Waals surface area contributed by atoms with E-state index in [1.807, 2.05) is 12.1 Å². The monoisotopic (exact) mass is 220 g/mol. The van der Waals surface area contributed by atoms with E-state index in [0.717, 1.165) is 31.0 Å². The number of hydrogen-bond acceptors (Lipinski definition) is 4. The molecule has 16 heavy (non-hydrogen) atoms. The van der Waals surface area contributed by atoms with E-state index < -0.39 is 0 Å². The molecule has 0 aromatic carbocycles. The van der Waals surface area contributed by atoms with Crippen molar-refractivity contribution < 1.29 is 4.42 Å². The summed E-state index contributed by atoms with van der Waals surface area (Å²) in [6, 6.07) is 4.00. The van der Waals surface area contributed by atoms with Gasteiger partial charge < -0.3 is 9.73 Å². The van der Waals surface area contributed by atoms with E-state index in [1.165, 1.54) is 6.33 Å². The molecule has 2 aromatic rings. The van der Waals surface area contributed by atoms with Crippen LogP contribution in [0.15, 0.2) is 29.1 Å². The Morgan fingerprint density at radius 3 is 3.12 bits per heavy atom. The topological polar surface area (TPSA) is 66.7 Å². The maximum atomic E-state index is 5.34. The van der Waals surface area contributed by atoms with Crippen molar-refractivity contribution in [1.29, 1.82) is 0 Å². The third-order valence-electron chi connectivity index (χ3n) is 2.39. The van der Waals surface area contributed by atoms with Gasteiger partial charge in [-0.3, -0.25) is 5.10 Å². The number of aromatic nitrogens is 3. The fourth-order valence-electron chi connectivity index (χ4n) is 1.60. The van der Waals surface area contributed by atoms with Crippen LogP contribution in [0.1, 0.15) is 31.0 Å². The summed E-state index contributed by atoms with van der Waals surface area (Å²) in [6.07, 6.45) is 5.08. The summed E-state index contributed by atoms with van der Waals surface area (Å²) in [5, 5.41) is 10.2. The summed E-state index contributed by atoms with van der Waals surface area (Å²) in [6.45, 7) is 3.09. The molecular formula is C11H16N4O. The molecule has 86 valence electrons. The Balaban J connectivity index is 2.03. The SMILES string of the molecule is CCCNC(Cc1ccco1)c1ncn[nH]1. The first-order chi connectivity index (χ1) is 7.90. The molecule has 2 rings (SSSR count). The van der Waals surface area contributed by atoms with Gasteiger partial charge in [-0.25, -0.2) is 4.98 Å². The highest BCUT2D eigenvalue weighted by molar-refractivity contribution is 5.04. The Kier molecular flexibility index (Phi) is 3.71. The lowest BCUT2D eigenvalue weighted by molar-refractivity contribution is 0.438. The molecule has 0 spiro atoms. The van der Waals surface area contributed by atoms with Gasteiger partial charge in [0.25, 0.3) is 0 Å². The molecule has 2 heterocycles. The maximum absolute atomic E-state index is 5.34. The summed E-state index contributed by atoms with van der Waals surface area (Å²) < 4.78 is 5.34. The van der Waals surface area contributed by atoms with Gasteiger partial charge in [-0.15, -0.1) is 0 Å². The molecule has 2 N–H and O–H groups in total. The predicted molar refractivity (Wildman–Crippen MR) is 59.8 cm³/mol. The van der Waals surface area contributed by atoms with Crippen molar-refractivity contribution >= 4 is 0 Å². The van der Waals surface area contributed by atoms with Crippen molar-refractivity contribution in [3.63, 3.8) is 0 Å². The molecule has 2 aromatic heterocycles. The highest BCUT2D eigenvalue weighted by atomic mass is 16.3. The van der Waals surface area contributed by atoms with Crippen LogP contribution in [0, 0.1) is 0 Å². The van der Waals surface area contributed by atoms with E-state index in [0.29, 0.717) is 0 Å². The Labute approximate surface area is 94.3 Å². The lowest BCUT2D eigenvalue weighted by Crippen LogP contribution is -2.25. The van der Waals surface area contributed by atoms with Crippen molar-refractivity contribution in [3.8, 4) is 0 Å². The number of hydrogen-bond donors (Lipinski definition) is 2. The average Bonchev–Trinajstić information content (AvgIpc) is 2.96. The van der Waals surface area contributed by atoms with Gasteiger partial charge in [-0.1, -0.05) is 6.92 Å². The van der Waals surface area contributed by atoms with Gasteiger partial charge in [0.2, 0.25) is 0 Å². The highest BCUT2D eigenvalue weighted by Crippen LogP contribution is 2.14. The molecule has 0 saturated heterocycles.